The largest absolute Gasteiger partial charge is 0.374 e. The third kappa shape index (κ3) is 9.24. The van der Waals surface area contributed by atoms with E-state index >= 15 is 0 Å². The summed E-state index contributed by atoms with van der Waals surface area (Å²) in [6.07, 6.45) is 0. The van der Waals surface area contributed by atoms with Crippen molar-refractivity contribution in [2.75, 3.05) is 27.3 Å². The van der Waals surface area contributed by atoms with E-state index < -0.39 is 12.6 Å². The molecule has 0 atom stereocenters. The van der Waals surface area contributed by atoms with Gasteiger partial charge in [-0.15, -0.1) is 0 Å². The summed E-state index contributed by atoms with van der Waals surface area (Å²) in [6.45, 7) is -0.548. The predicted octanol–water partition coefficient (Wildman–Crippen LogP) is 0.171. The molecular formula is C5H12FNO5. The van der Waals surface area contributed by atoms with Crippen LogP contribution in [0.15, 0.2) is 0 Å². The first kappa shape index (κ1) is 13.8. The molecule has 0 fully saturated rings. The quantitative estimate of drug-likeness (QED) is 0.468. The molecule has 0 aliphatic rings. The molecule has 74 valence electrons. The Morgan fingerprint density at radius 2 is 2.00 bits per heavy atom. The van der Waals surface area contributed by atoms with Gasteiger partial charge in [-0.1, -0.05) is 0 Å². The van der Waals surface area contributed by atoms with Gasteiger partial charge in [-0.3, -0.25) is 4.94 Å². The zero-order valence-electron chi connectivity index (χ0n) is 6.75. The number of methoxy groups -OCH3 is 1. The molecule has 0 aliphatic heterocycles. The number of rotatable bonds is 6. The molecule has 0 rings (SSSR count). The molecule has 0 heterocycles. The van der Waals surface area contributed by atoms with Gasteiger partial charge in [0.2, 0.25) is 0 Å². The van der Waals surface area contributed by atoms with Crippen LogP contribution in [0, 0.1) is 0 Å². The maximum Gasteiger partial charge on any atom is 0.374 e. The van der Waals surface area contributed by atoms with Gasteiger partial charge in [-0.25, -0.2) is 4.79 Å². The van der Waals surface area contributed by atoms with Crippen molar-refractivity contribution >= 4 is 5.97 Å². The molecule has 0 aromatic carbocycles. The fourth-order valence-corrected chi connectivity index (χ4v) is 0.324. The number of carbonyl (C=O) groups is 1. The summed E-state index contributed by atoms with van der Waals surface area (Å²) < 4.78 is 24.5. The van der Waals surface area contributed by atoms with E-state index in [0.717, 1.165) is 0 Å². The molecule has 6 nitrogen and oxygen atoms in total. The van der Waals surface area contributed by atoms with Gasteiger partial charge in [-0.2, -0.15) is 0 Å². The molecule has 0 spiro atoms. The molecule has 3 N–H and O–H groups in total. The van der Waals surface area contributed by atoms with Crippen LogP contribution < -0.4 is 6.15 Å². The third-order valence-corrected chi connectivity index (χ3v) is 0.674. The Morgan fingerprint density at radius 1 is 1.33 bits per heavy atom. The molecule has 0 saturated heterocycles. The molecule has 7 heteroatoms. The Hall–Kier alpha value is -0.760. The van der Waals surface area contributed by atoms with Gasteiger partial charge in [0.15, 0.2) is 6.61 Å². The molecule has 0 bridgehead atoms. The summed E-state index contributed by atoms with van der Waals surface area (Å²) in [5, 5.41) is 0. The highest BCUT2D eigenvalue weighted by atomic mass is 19.3. The maximum atomic E-state index is 11.0. The van der Waals surface area contributed by atoms with Crippen molar-refractivity contribution in [2.45, 2.75) is 0 Å². The first-order valence-electron chi connectivity index (χ1n) is 2.77. The van der Waals surface area contributed by atoms with Crippen LogP contribution in [-0.4, -0.2) is 33.3 Å². The van der Waals surface area contributed by atoms with Crippen molar-refractivity contribution in [3.05, 3.63) is 0 Å². The Balaban J connectivity index is 0. The highest BCUT2D eigenvalue weighted by molar-refractivity contribution is 5.69. The van der Waals surface area contributed by atoms with Crippen molar-refractivity contribution in [1.29, 1.82) is 0 Å². The van der Waals surface area contributed by atoms with Crippen LogP contribution >= 0.6 is 0 Å². The van der Waals surface area contributed by atoms with Gasteiger partial charge in [-0.05, 0) is 0 Å². The lowest BCUT2D eigenvalue weighted by Crippen LogP contribution is -2.11. The lowest BCUT2D eigenvalue weighted by atomic mass is 10.7. The molecule has 0 unspecified atom stereocenters. The Bertz CT molecular complexity index is 112. The number of halogens is 1. The van der Waals surface area contributed by atoms with E-state index in [1.165, 1.54) is 7.11 Å². The van der Waals surface area contributed by atoms with Crippen LogP contribution in [-0.2, 0) is 23.9 Å². The fraction of sp³-hybridized carbons (Fsp3) is 0.800. The van der Waals surface area contributed by atoms with E-state index in [9.17, 15) is 9.32 Å². The second kappa shape index (κ2) is 10.2. The minimum atomic E-state index is -1.09. The van der Waals surface area contributed by atoms with Gasteiger partial charge in [0, 0.05) is 11.6 Å². The van der Waals surface area contributed by atoms with E-state index in [4.69, 9.17) is 0 Å². The van der Waals surface area contributed by atoms with E-state index in [1.807, 2.05) is 0 Å². The standard InChI is InChI=1S/C5H9FO5.H3N/c1-8-3-10-4-9-2-5(7)11-6;/h2-4H2,1H3;1H3. The zero-order chi connectivity index (χ0) is 8.53. The fourth-order valence-electron chi connectivity index (χ4n) is 0.324. The van der Waals surface area contributed by atoms with E-state index in [-0.39, 0.29) is 19.7 Å². The van der Waals surface area contributed by atoms with Crippen molar-refractivity contribution in [3.8, 4) is 0 Å². The number of carbonyl (C=O) groups excluding carboxylic acids is 1. The second-order valence-corrected chi connectivity index (χ2v) is 1.53. The second-order valence-electron chi connectivity index (χ2n) is 1.53. The highest BCUT2D eigenvalue weighted by Crippen LogP contribution is 1.82. The van der Waals surface area contributed by atoms with Gasteiger partial charge >= 0.3 is 5.97 Å². The molecule has 0 aliphatic carbocycles. The lowest BCUT2D eigenvalue weighted by Gasteiger charge is -2.01. The molecule has 0 saturated carbocycles. The number of hydrogen-bond donors (Lipinski definition) is 1. The minimum Gasteiger partial charge on any atom is -0.359 e. The van der Waals surface area contributed by atoms with Crippen LogP contribution in [0.2, 0.25) is 0 Å². The van der Waals surface area contributed by atoms with Gasteiger partial charge < -0.3 is 20.4 Å². The third-order valence-electron chi connectivity index (χ3n) is 0.674. The van der Waals surface area contributed by atoms with Crippen molar-refractivity contribution < 1.29 is 28.5 Å². The van der Waals surface area contributed by atoms with Gasteiger partial charge in [0.1, 0.15) is 13.6 Å². The van der Waals surface area contributed by atoms with Crippen LogP contribution in [0.25, 0.3) is 0 Å². The summed E-state index contributed by atoms with van der Waals surface area (Å²) in [4.78, 5) is 12.8. The first-order chi connectivity index (χ1) is 5.31. The lowest BCUT2D eigenvalue weighted by molar-refractivity contribution is -0.195. The maximum absolute atomic E-state index is 11.0. The van der Waals surface area contributed by atoms with E-state index in [2.05, 4.69) is 19.2 Å². The first-order valence-corrected chi connectivity index (χ1v) is 2.77. The summed E-state index contributed by atoms with van der Waals surface area (Å²) in [5.74, 6) is -1.09. The highest BCUT2D eigenvalue weighted by Gasteiger charge is 2.01. The Labute approximate surface area is 69.0 Å². The predicted molar refractivity (Wildman–Crippen MR) is 36.0 cm³/mol. The van der Waals surface area contributed by atoms with Crippen LogP contribution in [0.4, 0.5) is 4.53 Å². The molecular weight excluding hydrogens is 173 g/mol. The molecule has 0 aromatic rings. The summed E-state index contributed by atoms with van der Waals surface area (Å²) in [5.41, 5.74) is 0. The normalized spacial score (nSPS) is 8.83. The van der Waals surface area contributed by atoms with Crippen molar-refractivity contribution in [2.24, 2.45) is 0 Å². The average Bonchev–Trinajstić information content (AvgIpc) is 2.04. The van der Waals surface area contributed by atoms with E-state index in [1.54, 1.807) is 0 Å². The van der Waals surface area contributed by atoms with Gasteiger partial charge in [0.05, 0.1) is 0 Å². The molecule has 12 heavy (non-hydrogen) atoms. The Kier molecular flexibility index (Phi) is 11.8. The number of hydrogen-bond acceptors (Lipinski definition) is 6. The molecule has 0 amide bonds. The van der Waals surface area contributed by atoms with Crippen LogP contribution in [0.5, 0.6) is 0 Å². The molecule has 0 radical (unpaired) electrons. The van der Waals surface area contributed by atoms with Crippen molar-refractivity contribution in [1.82, 2.24) is 6.15 Å². The summed E-state index contributed by atoms with van der Waals surface area (Å²) in [6, 6.07) is 0. The van der Waals surface area contributed by atoms with Crippen LogP contribution in [0.3, 0.4) is 0 Å². The Morgan fingerprint density at radius 3 is 2.50 bits per heavy atom. The average molecular weight is 185 g/mol. The zero-order valence-corrected chi connectivity index (χ0v) is 6.75. The number of ether oxygens (including phenoxy) is 3. The topological polar surface area (TPSA) is 89.0 Å². The monoisotopic (exact) mass is 185 g/mol. The van der Waals surface area contributed by atoms with Gasteiger partial charge in [0.25, 0.3) is 0 Å². The van der Waals surface area contributed by atoms with Crippen molar-refractivity contribution in [3.63, 3.8) is 0 Å². The van der Waals surface area contributed by atoms with Crippen LogP contribution in [0.1, 0.15) is 0 Å². The summed E-state index contributed by atoms with van der Waals surface area (Å²) >= 11 is 0. The molecule has 0 aromatic heterocycles. The SMILES string of the molecule is COCOCOCC(=O)OF.N. The summed E-state index contributed by atoms with van der Waals surface area (Å²) in [7, 11) is 1.44. The smallest absolute Gasteiger partial charge is 0.359 e. The minimum absolute atomic E-state index is 0. The van der Waals surface area contributed by atoms with E-state index in [0.29, 0.717) is 0 Å².